The maximum Gasteiger partial charge on any atom is 0.347 e. The van der Waals surface area contributed by atoms with Gasteiger partial charge in [0.25, 0.3) is 10.0 Å². The average Bonchev–Trinajstić information content (AvgIpc) is 3.08. The van der Waals surface area contributed by atoms with Crippen molar-refractivity contribution >= 4 is 31.9 Å². The van der Waals surface area contributed by atoms with Gasteiger partial charge in [0.05, 0.1) is 11.1 Å². The van der Waals surface area contributed by atoms with E-state index in [9.17, 15) is 13.2 Å². The molecule has 4 rings (SSSR count). The monoisotopic (exact) mass is 382 g/mol. The second-order valence-electron chi connectivity index (χ2n) is 7.43. The topological polar surface area (TPSA) is 82.2 Å². The molecule has 0 aliphatic heterocycles. The smallest absolute Gasteiger partial charge is 0.347 e. The highest BCUT2D eigenvalue weighted by molar-refractivity contribution is 7.89. The summed E-state index contributed by atoms with van der Waals surface area (Å²) in [6.07, 6.45) is 1.21. The Hall–Kier alpha value is -2.93. The van der Waals surface area contributed by atoms with Crippen molar-refractivity contribution < 1.29 is 12.8 Å². The summed E-state index contributed by atoms with van der Waals surface area (Å²) in [5.74, 6) is 0. The van der Waals surface area contributed by atoms with Crippen molar-refractivity contribution in [3.8, 4) is 0 Å². The first-order chi connectivity index (χ1) is 12.7. The van der Waals surface area contributed by atoms with Gasteiger partial charge in [0.1, 0.15) is 16.5 Å². The largest absolute Gasteiger partial charge is 0.422 e. The van der Waals surface area contributed by atoms with E-state index in [1.807, 2.05) is 0 Å². The number of para-hydroxylation sites is 1. The van der Waals surface area contributed by atoms with E-state index in [0.29, 0.717) is 16.5 Å². The van der Waals surface area contributed by atoms with E-state index in [-0.39, 0.29) is 15.7 Å². The standard InChI is InChI=1S/C20H18N2O4S/c1-20(2,3)13-8-10-14(11-9-13)27(24,25)22-12-16-18(21-22)15-6-4-5-7-17(15)26-19(16)23/h4-12H,1-3H3. The highest BCUT2D eigenvalue weighted by Gasteiger charge is 2.22. The van der Waals surface area contributed by atoms with Crippen molar-refractivity contribution in [1.82, 2.24) is 9.19 Å². The molecule has 0 spiro atoms. The third-order valence-corrected chi connectivity index (χ3v) is 6.07. The summed E-state index contributed by atoms with van der Waals surface area (Å²) in [6, 6.07) is 13.6. The molecule has 2 heterocycles. The predicted octanol–water partition coefficient (Wildman–Crippen LogP) is 3.68. The molecular formula is C20H18N2O4S. The highest BCUT2D eigenvalue weighted by atomic mass is 32.2. The fourth-order valence-electron chi connectivity index (χ4n) is 2.97. The summed E-state index contributed by atoms with van der Waals surface area (Å²) in [7, 11) is -3.92. The molecule has 0 saturated carbocycles. The number of nitrogens with zero attached hydrogens (tertiary/aromatic N) is 2. The molecule has 2 aromatic heterocycles. The fraction of sp³-hybridized carbons (Fsp3) is 0.200. The number of rotatable bonds is 2. The molecule has 0 atom stereocenters. The molecule has 0 saturated heterocycles. The quantitative estimate of drug-likeness (QED) is 0.494. The molecule has 0 N–H and O–H groups in total. The molecule has 0 fully saturated rings. The Morgan fingerprint density at radius 1 is 0.963 bits per heavy atom. The van der Waals surface area contributed by atoms with Crippen LogP contribution in [0.1, 0.15) is 26.3 Å². The van der Waals surface area contributed by atoms with Gasteiger partial charge in [0.2, 0.25) is 0 Å². The Kier molecular flexibility index (Phi) is 3.75. The summed E-state index contributed by atoms with van der Waals surface area (Å²) in [4.78, 5) is 12.3. The molecule has 6 nitrogen and oxygen atoms in total. The van der Waals surface area contributed by atoms with Gasteiger partial charge in [-0.05, 0) is 35.2 Å². The zero-order valence-electron chi connectivity index (χ0n) is 15.1. The van der Waals surface area contributed by atoms with E-state index in [0.717, 1.165) is 9.65 Å². The molecule has 138 valence electrons. The van der Waals surface area contributed by atoms with Crippen LogP contribution in [0, 0.1) is 0 Å². The van der Waals surface area contributed by atoms with Crippen LogP contribution in [0.15, 0.2) is 68.8 Å². The maximum atomic E-state index is 13.0. The molecule has 0 radical (unpaired) electrons. The Morgan fingerprint density at radius 3 is 2.30 bits per heavy atom. The van der Waals surface area contributed by atoms with E-state index >= 15 is 0 Å². The Morgan fingerprint density at radius 2 is 1.63 bits per heavy atom. The molecule has 7 heteroatoms. The number of hydrogen-bond acceptors (Lipinski definition) is 5. The Bertz CT molecular complexity index is 1320. The Balaban J connectivity index is 1.89. The lowest BCUT2D eigenvalue weighted by Gasteiger charge is -2.19. The van der Waals surface area contributed by atoms with Gasteiger partial charge in [0, 0.05) is 5.39 Å². The lowest BCUT2D eigenvalue weighted by atomic mass is 9.87. The molecular weight excluding hydrogens is 364 g/mol. The van der Waals surface area contributed by atoms with Crippen molar-refractivity contribution in [3.05, 3.63) is 70.7 Å². The van der Waals surface area contributed by atoms with Crippen molar-refractivity contribution in [3.63, 3.8) is 0 Å². The second kappa shape index (κ2) is 5.79. The van der Waals surface area contributed by atoms with Crippen molar-refractivity contribution in [2.24, 2.45) is 0 Å². The summed E-state index contributed by atoms with van der Waals surface area (Å²) in [6.45, 7) is 6.17. The first-order valence-electron chi connectivity index (χ1n) is 8.45. The SMILES string of the molecule is CC(C)(C)c1ccc(S(=O)(=O)n2cc3c(=O)oc4ccccc4c3n2)cc1. The van der Waals surface area contributed by atoms with Crippen LogP contribution in [-0.4, -0.2) is 17.6 Å². The van der Waals surface area contributed by atoms with E-state index in [2.05, 4.69) is 25.9 Å². The van der Waals surface area contributed by atoms with E-state index < -0.39 is 15.6 Å². The minimum absolute atomic E-state index is 0.0828. The van der Waals surface area contributed by atoms with Crippen LogP contribution in [0.3, 0.4) is 0 Å². The molecule has 2 aromatic carbocycles. The van der Waals surface area contributed by atoms with Gasteiger partial charge in [-0.2, -0.15) is 17.6 Å². The minimum atomic E-state index is -3.92. The van der Waals surface area contributed by atoms with Crippen LogP contribution >= 0.6 is 0 Å². The van der Waals surface area contributed by atoms with Gasteiger partial charge >= 0.3 is 5.63 Å². The number of aromatic nitrogens is 2. The lowest BCUT2D eigenvalue weighted by molar-refractivity contribution is 0.569. The summed E-state index contributed by atoms with van der Waals surface area (Å²) in [5.41, 5.74) is 0.997. The third-order valence-electron chi connectivity index (χ3n) is 4.52. The van der Waals surface area contributed by atoms with Crippen LogP contribution in [0.5, 0.6) is 0 Å². The van der Waals surface area contributed by atoms with Gasteiger partial charge in [-0.1, -0.05) is 45.0 Å². The highest BCUT2D eigenvalue weighted by Crippen LogP contribution is 2.26. The summed E-state index contributed by atoms with van der Waals surface area (Å²) >= 11 is 0. The number of hydrogen-bond donors (Lipinski definition) is 0. The first-order valence-corrected chi connectivity index (χ1v) is 9.89. The van der Waals surface area contributed by atoms with E-state index in [1.165, 1.54) is 6.20 Å². The second-order valence-corrected chi connectivity index (χ2v) is 9.22. The van der Waals surface area contributed by atoms with Crippen LogP contribution in [-0.2, 0) is 15.4 Å². The van der Waals surface area contributed by atoms with E-state index in [1.54, 1.807) is 48.5 Å². The molecule has 0 aliphatic carbocycles. The van der Waals surface area contributed by atoms with Crippen molar-refractivity contribution in [1.29, 1.82) is 0 Å². The van der Waals surface area contributed by atoms with Crippen LogP contribution in [0.25, 0.3) is 21.9 Å². The minimum Gasteiger partial charge on any atom is -0.422 e. The van der Waals surface area contributed by atoms with Crippen molar-refractivity contribution in [2.45, 2.75) is 31.1 Å². The number of fused-ring (bicyclic) bond motifs is 3. The van der Waals surface area contributed by atoms with Gasteiger partial charge in [-0.15, -0.1) is 0 Å². The van der Waals surface area contributed by atoms with E-state index in [4.69, 9.17) is 4.42 Å². The lowest BCUT2D eigenvalue weighted by Crippen LogP contribution is -2.15. The van der Waals surface area contributed by atoms with Crippen LogP contribution in [0.2, 0.25) is 0 Å². The van der Waals surface area contributed by atoms with Crippen molar-refractivity contribution in [2.75, 3.05) is 0 Å². The molecule has 4 aromatic rings. The number of benzene rings is 2. The molecule has 27 heavy (non-hydrogen) atoms. The zero-order valence-corrected chi connectivity index (χ0v) is 15.9. The molecule has 0 amide bonds. The first kappa shape index (κ1) is 17.5. The average molecular weight is 382 g/mol. The molecule has 0 aliphatic rings. The molecule has 0 bridgehead atoms. The zero-order chi connectivity index (χ0) is 19.4. The summed E-state index contributed by atoms with van der Waals surface area (Å²) < 4.78 is 32.1. The van der Waals surface area contributed by atoms with Crippen LogP contribution in [0.4, 0.5) is 0 Å². The fourth-order valence-corrected chi connectivity index (χ4v) is 4.09. The van der Waals surface area contributed by atoms with Crippen LogP contribution < -0.4 is 5.63 Å². The normalized spacial score (nSPS) is 12.7. The van der Waals surface area contributed by atoms with Gasteiger partial charge in [0.15, 0.2) is 0 Å². The third kappa shape index (κ3) is 2.84. The Labute approximate surface area is 156 Å². The maximum absolute atomic E-state index is 13.0. The summed E-state index contributed by atoms with van der Waals surface area (Å²) in [5, 5.41) is 4.91. The van der Waals surface area contributed by atoms with Gasteiger partial charge < -0.3 is 4.42 Å². The predicted molar refractivity (Wildman–Crippen MR) is 104 cm³/mol. The van der Waals surface area contributed by atoms with Gasteiger partial charge in [-0.25, -0.2) is 4.79 Å². The van der Waals surface area contributed by atoms with Gasteiger partial charge in [-0.3, -0.25) is 0 Å². The molecule has 0 unspecified atom stereocenters.